The molecule has 1 aromatic rings. The lowest BCUT2D eigenvalue weighted by atomic mass is 9.97. The highest BCUT2D eigenvalue weighted by atomic mass is 16.4. The van der Waals surface area contributed by atoms with E-state index < -0.39 is 12.1 Å². The molecule has 1 amide bonds. The molecule has 0 aromatic carbocycles. The molecule has 0 saturated heterocycles. The van der Waals surface area contributed by atoms with Gasteiger partial charge in [-0.1, -0.05) is 19.9 Å². The van der Waals surface area contributed by atoms with Crippen LogP contribution < -0.4 is 5.84 Å². The Morgan fingerprint density at radius 3 is 2.62 bits per heavy atom. The molecule has 0 saturated carbocycles. The van der Waals surface area contributed by atoms with Gasteiger partial charge in [0.25, 0.3) is 0 Å². The third-order valence-electron chi connectivity index (χ3n) is 2.35. The molecule has 1 atom stereocenters. The minimum Gasteiger partial charge on any atom is -0.464 e. The highest BCUT2D eigenvalue weighted by Gasteiger charge is 2.27. The van der Waals surface area contributed by atoms with Crippen molar-refractivity contribution in [3.8, 4) is 0 Å². The lowest BCUT2D eigenvalue weighted by Crippen LogP contribution is -2.42. The Morgan fingerprint density at radius 2 is 2.19 bits per heavy atom. The summed E-state index contributed by atoms with van der Waals surface area (Å²) in [6.45, 7) is 5.55. The first-order valence-corrected chi connectivity index (χ1v) is 4.93. The number of nitrogens with zero attached hydrogens (tertiary/aromatic N) is 2. The van der Waals surface area contributed by atoms with E-state index in [-0.39, 0.29) is 0 Å². The maximum atomic E-state index is 10.9. The minimum absolute atomic E-state index is 0.501. The summed E-state index contributed by atoms with van der Waals surface area (Å²) in [6, 6.07) is 3.19. The van der Waals surface area contributed by atoms with Gasteiger partial charge in [-0.3, -0.25) is 4.98 Å². The first-order chi connectivity index (χ1) is 7.45. The van der Waals surface area contributed by atoms with Gasteiger partial charge in [0.2, 0.25) is 0 Å². The molecular weight excluding hydrogens is 206 g/mol. The molecule has 1 unspecified atom stereocenters. The quantitative estimate of drug-likeness (QED) is 0.465. The summed E-state index contributed by atoms with van der Waals surface area (Å²) in [5.41, 5.74) is 1.60. The van der Waals surface area contributed by atoms with Crippen LogP contribution in [0, 0.1) is 12.8 Å². The fraction of sp³-hybridized carbons (Fsp3) is 0.364. The number of pyridine rings is 1. The second kappa shape index (κ2) is 4.94. The molecule has 0 aliphatic heterocycles. The van der Waals surface area contributed by atoms with E-state index in [1.54, 1.807) is 6.20 Å². The van der Waals surface area contributed by atoms with Gasteiger partial charge in [0, 0.05) is 12.1 Å². The Labute approximate surface area is 94.9 Å². The van der Waals surface area contributed by atoms with Crippen molar-refractivity contribution in [2.24, 2.45) is 5.84 Å². The number of nitrogens with two attached hydrogens (primary N) is 1. The van der Waals surface area contributed by atoms with Crippen LogP contribution in [0.2, 0.25) is 0 Å². The number of amides is 1. The standard InChI is InChI=1S/C11H16N3O2/c1-7(2)10(14(12)11(15)16)9-8(3)5-4-6-13-9/h4-6,10H,12H2,1-3H3,(H,15,16). The van der Waals surface area contributed by atoms with E-state index in [0.29, 0.717) is 5.69 Å². The average Bonchev–Trinajstić information content (AvgIpc) is 2.20. The first kappa shape index (κ1) is 12.4. The summed E-state index contributed by atoms with van der Waals surface area (Å²) in [5.74, 6) is 6.42. The summed E-state index contributed by atoms with van der Waals surface area (Å²) in [7, 11) is 0. The van der Waals surface area contributed by atoms with Crippen LogP contribution in [0.1, 0.15) is 31.1 Å². The largest absolute Gasteiger partial charge is 0.464 e. The molecule has 5 nitrogen and oxygen atoms in total. The summed E-state index contributed by atoms with van der Waals surface area (Å²) < 4.78 is 0. The van der Waals surface area contributed by atoms with Crippen molar-refractivity contribution >= 4 is 6.09 Å². The molecular formula is C11H16N3O2. The van der Waals surface area contributed by atoms with E-state index in [2.05, 4.69) is 4.98 Å². The lowest BCUT2D eigenvalue weighted by molar-refractivity contribution is 0.126. The van der Waals surface area contributed by atoms with Crippen LogP contribution in [0.15, 0.2) is 18.3 Å². The van der Waals surface area contributed by atoms with E-state index >= 15 is 0 Å². The zero-order chi connectivity index (χ0) is 12.3. The maximum absolute atomic E-state index is 10.9. The predicted molar refractivity (Wildman–Crippen MR) is 60.4 cm³/mol. The van der Waals surface area contributed by atoms with Crippen LogP contribution in [-0.4, -0.2) is 21.2 Å². The smallest absolute Gasteiger partial charge is 0.422 e. The van der Waals surface area contributed by atoms with Crippen molar-refractivity contribution in [1.29, 1.82) is 0 Å². The Balaban J connectivity index is 3.13. The fourth-order valence-electron chi connectivity index (χ4n) is 1.58. The van der Waals surface area contributed by atoms with Crippen LogP contribution in [0.5, 0.6) is 0 Å². The van der Waals surface area contributed by atoms with Crippen molar-refractivity contribution in [2.45, 2.75) is 26.8 Å². The van der Waals surface area contributed by atoms with E-state index in [9.17, 15) is 4.79 Å². The Bertz CT molecular complexity index is 379. The number of hydrogen-bond acceptors (Lipinski definition) is 3. The van der Waals surface area contributed by atoms with Crippen LogP contribution in [0.4, 0.5) is 4.79 Å². The Kier molecular flexibility index (Phi) is 3.84. The number of carbonyl (C=O) groups is 1. The van der Waals surface area contributed by atoms with E-state index in [4.69, 9.17) is 10.9 Å². The highest BCUT2D eigenvalue weighted by Crippen LogP contribution is 2.28. The van der Waals surface area contributed by atoms with Crippen molar-refractivity contribution in [1.82, 2.24) is 9.99 Å². The van der Waals surface area contributed by atoms with Gasteiger partial charge in [-0.05, 0) is 18.6 Å². The summed E-state index contributed by atoms with van der Waals surface area (Å²) >= 11 is 0. The molecule has 0 spiro atoms. The molecule has 1 aromatic heterocycles. The fourth-order valence-corrected chi connectivity index (χ4v) is 1.58. The number of aryl methyl sites for hydroxylation is 1. The lowest BCUT2D eigenvalue weighted by Gasteiger charge is -2.28. The van der Waals surface area contributed by atoms with Crippen LogP contribution in [-0.2, 0) is 0 Å². The van der Waals surface area contributed by atoms with Crippen LogP contribution >= 0.6 is 0 Å². The minimum atomic E-state index is -1.17. The monoisotopic (exact) mass is 222 g/mol. The summed E-state index contributed by atoms with van der Waals surface area (Å²) in [6.07, 6.45) is 0.463. The second-order valence-electron chi connectivity index (χ2n) is 3.88. The van der Waals surface area contributed by atoms with E-state index in [1.807, 2.05) is 32.9 Å². The molecule has 5 heteroatoms. The normalized spacial score (nSPS) is 12.6. The molecule has 1 heterocycles. The zero-order valence-electron chi connectivity index (χ0n) is 9.64. The SMILES string of the molecule is C[C](C)C(c1ncccc1C)N(N)C(=O)O. The number of rotatable bonds is 3. The molecule has 1 radical (unpaired) electrons. The summed E-state index contributed by atoms with van der Waals surface area (Å²) in [5, 5.41) is 9.70. The van der Waals surface area contributed by atoms with Crippen molar-refractivity contribution in [3.63, 3.8) is 0 Å². The number of hydrazine groups is 1. The molecule has 0 bridgehead atoms. The second-order valence-corrected chi connectivity index (χ2v) is 3.88. The first-order valence-electron chi connectivity index (χ1n) is 4.93. The van der Waals surface area contributed by atoms with Gasteiger partial charge in [0.15, 0.2) is 0 Å². The van der Waals surface area contributed by atoms with Gasteiger partial charge >= 0.3 is 6.09 Å². The number of aromatic nitrogens is 1. The molecule has 0 aliphatic carbocycles. The van der Waals surface area contributed by atoms with Gasteiger partial charge in [0.1, 0.15) is 0 Å². The topological polar surface area (TPSA) is 79.5 Å². The highest BCUT2D eigenvalue weighted by molar-refractivity contribution is 5.65. The molecule has 16 heavy (non-hydrogen) atoms. The Hall–Kier alpha value is -1.62. The van der Waals surface area contributed by atoms with Gasteiger partial charge in [-0.2, -0.15) is 0 Å². The number of carboxylic acid groups (broad SMARTS) is 1. The third kappa shape index (κ3) is 2.49. The maximum Gasteiger partial charge on any atom is 0.422 e. The van der Waals surface area contributed by atoms with Crippen molar-refractivity contribution in [3.05, 3.63) is 35.5 Å². The van der Waals surface area contributed by atoms with Crippen molar-refractivity contribution < 1.29 is 9.90 Å². The van der Waals surface area contributed by atoms with Crippen molar-refractivity contribution in [2.75, 3.05) is 0 Å². The molecule has 3 N–H and O–H groups in total. The van der Waals surface area contributed by atoms with Gasteiger partial charge < -0.3 is 5.11 Å². The predicted octanol–water partition coefficient (Wildman–Crippen LogP) is 1.90. The summed E-state index contributed by atoms with van der Waals surface area (Å²) in [4.78, 5) is 15.1. The zero-order valence-corrected chi connectivity index (χ0v) is 9.64. The molecule has 1 rings (SSSR count). The van der Waals surface area contributed by atoms with Gasteiger partial charge in [-0.15, -0.1) is 0 Å². The third-order valence-corrected chi connectivity index (χ3v) is 2.35. The average molecular weight is 222 g/mol. The number of hydrogen-bond donors (Lipinski definition) is 2. The molecule has 87 valence electrons. The van der Waals surface area contributed by atoms with E-state index in [0.717, 1.165) is 16.5 Å². The van der Waals surface area contributed by atoms with Crippen LogP contribution in [0.3, 0.4) is 0 Å². The molecule has 0 aliphatic rings. The van der Waals surface area contributed by atoms with Crippen LogP contribution in [0.25, 0.3) is 0 Å². The van der Waals surface area contributed by atoms with Gasteiger partial charge in [0.05, 0.1) is 11.7 Å². The van der Waals surface area contributed by atoms with Gasteiger partial charge in [-0.25, -0.2) is 15.6 Å². The Morgan fingerprint density at radius 1 is 1.56 bits per heavy atom. The van der Waals surface area contributed by atoms with E-state index in [1.165, 1.54) is 0 Å². The molecule has 0 fully saturated rings.